The fraction of sp³-hybridized carbons (Fsp3) is 0.722. The predicted molar refractivity (Wildman–Crippen MR) is 119 cm³/mol. The molecule has 0 saturated carbocycles. The molecule has 0 radical (unpaired) electrons. The van der Waals surface area contributed by atoms with Gasteiger partial charge in [0.2, 0.25) is 5.95 Å². The van der Waals surface area contributed by atoms with Gasteiger partial charge in [0, 0.05) is 65.4 Å². The molecule has 27 heavy (non-hydrogen) atoms. The fourth-order valence-electron chi connectivity index (χ4n) is 2.74. The quantitative estimate of drug-likeness (QED) is 0.230. The van der Waals surface area contributed by atoms with Crippen molar-refractivity contribution in [3.8, 4) is 0 Å². The van der Waals surface area contributed by atoms with Crippen LogP contribution >= 0.6 is 24.0 Å². The Morgan fingerprint density at radius 2 is 1.85 bits per heavy atom. The van der Waals surface area contributed by atoms with E-state index < -0.39 is 0 Å². The molecule has 1 aromatic heterocycles. The maximum atomic E-state index is 5.48. The molecular formula is C18H33IN6O2. The van der Waals surface area contributed by atoms with Gasteiger partial charge in [-0.15, -0.1) is 24.0 Å². The van der Waals surface area contributed by atoms with E-state index in [1.165, 1.54) is 0 Å². The average molecular weight is 492 g/mol. The molecule has 1 saturated heterocycles. The molecule has 9 heteroatoms. The lowest BCUT2D eigenvalue weighted by Gasteiger charge is -2.36. The summed E-state index contributed by atoms with van der Waals surface area (Å²) in [6.07, 6.45) is 5.63. The van der Waals surface area contributed by atoms with Gasteiger partial charge in [0.15, 0.2) is 5.96 Å². The van der Waals surface area contributed by atoms with Crippen molar-refractivity contribution in [2.24, 2.45) is 4.99 Å². The normalized spacial score (nSPS) is 14.8. The summed E-state index contributed by atoms with van der Waals surface area (Å²) in [5.41, 5.74) is 0. The van der Waals surface area contributed by atoms with Gasteiger partial charge in [-0.2, -0.15) is 0 Å². The van der Waals surface area contributed by atoms with E-state index in [-0.39, 0.29) is 24.0 Å². The van der Waals surface area contributed by atoms with Gasteiger partial charge >= 0.3 is 0 Å². The monoisotopic (exact) mass is 492 g/mol. The van der Waals surface area contributed by atoms with Crippen molar-refractivity contribution in [3.05, 3.63) is 18.5 Å². The van der Waals surface area contributed by atoms with Gasteiger partial charge in [-0.1, -0.05) is 0 Å². The van der Waals surface area contributed by atoms with Gasteiger partial charge < -0.3 is 24.6 Å². The summed E-state index contributed by atoms with van der Waals surface area (Å²) in [4.78, 5) is 18.0. The van der Waals surface area contributed by atoms with Gasteiger partial charge in [0.25, 0.3) is 0 Å². The summed E-state index contributed by atoms with van der Waals surface area (Å²) >= 11 is 0. The molecule has 1 aromatic rings. The second kappa shape index (κ2) is 14.8. The standard InChI is InChI=1S/C18H32N6O2.HI/c1-3-19-17(20-7-4-5-14-26-16-15-25-2)23-10-12-24(13-11-23)18-21-8-6-9-22-18;/h6,8-9H,3-5,7,10-16H2,1-2H3,(H,19,20);1H. The number of nitrogens with one attached hydrogen (secondary N) is 1. The van der Waals surface area contributed by atoms with Crippen LogP contribution in [0.1, 0.15) is 19.8 Å². The number of unbranched alkanes of at least 4 members (excludes halogenated alkanes) is 1. The second-order valence-electron chi connectivity index (χ2n) is 6.07. The molecule has 2 heterocycles. The molecule has 0 atom stereocenters. The molecule has 1 N–H and O–H groups in total. The number of nitrogens with zero attached hydrogens (tertiary/aromatic N) is 5. The van der Waals surface area contributed by atoms with Crippen molar-refractivity contribution < 1.29 is 9.47 Å². The zero-order valence-electron chi connectivity index (χ0n) is 16.5. The molecule has 0 spiro atoms. The van der Waals surface area contributed by atoms with Gasteiger partial charge in [-0.05, 0) is 25.8 Å². The first-order chi connectivity index (χ1) is 12.8. The maximum Gasteiger partial charge on any atom is 0.225 e. The molecule has 1 aliphatic rings. The molecule has 0 aromatic carbocycles. The number of aliphatic imine (C=N–C) groups is 1. The first-order valence-electron chi connectivity index (χ1n) is 9.47. The van der Waals surface area contributed by atoms with Gasteiger partial charge in [0.1, 0.15) is 0 Å². The minimum absolute atomic E-state index is 0. The highest BCUT2D eigenvalue weighted by Crippen LogP contribution is 2.09. The summed E-state index contributed by atoms with van der Waals surface area (Å²) in [5.74, 6) is 1.81. The van der Waals surface area contributed by atoms with E-state index in [4.69, 9.17) is 14.5 Å². The summed E-state index contributed by atoms with van der Waals surface area (Å²) in [6.45, 7) is 9.54. The summed E-state index contributed by atoms with van der Waals surface area (Å²) < 4.78 is 10.4. The van der Waals surface area contributed by atoms with E-state index in [1.54, 1.807) is 19.5 Å². The SMILES string of the molecule is CCNC(=NCCCCOCCOC)N1CCN(c2ncccn2)CC1.I. The van der Waals surface area contributed by atoms with Crippen molar-refractivity contribution in [1.82, 2.24) is 20.2 Å². The van der Waals surface area contributed by atoms with E-state index in [9.17, 15) is 0 Å². The van der Waals surface area contributed by atoms with Crippen LogP contribution in [0.25, 0.3) is 0 Å². The van der Waals surface area contributed by atoms with Gasteiger partial charge in [-0.3, -0.25) is 4.99 Å². The highest BCUT2D eigenvalue weighted by molar-refractivity contribution is 14.0. The molecule has 0 unspecified atom stereocenters. The number of aromatic nitrogens is 2. The number of hydrogen-bond acceptors (Lipinski definition) is 6. The number of anilines is 1. The maximum absolute atomic E-state index is 5.48. The lowest BCUT2D eigenvalue weighted by atomic mass is 10.3. The van der Waals surface area contributed by atoms with Gasteiger partial charge in [0.05, 0.1) is 13.2 Å². The number of rotatable bonds is 10. The Labute approximate surface area is 179 Å². The zero-order chi connectivity index (χ0) is 18.5. The number of guanidine groups is 1. The van der Waals surface area contributed by atoms with Crippen LogP contribution in [0.2, 0.25) is 0 Å². The highest BCUT2D eigenvalue weighted by atomic mass is 127. The molecule has 1 fully saturated rings. The van der Waals surface area contributed by atoms with Gasteiger partial charge in [-0.25, -0.2) is 9.97 Å². The Morgan fingerprint density at radius 1 is 1.11 bits per heavy atom. The smallest absolute Gasteiger partial charge is 0.225 e. The molecule has 0 aliphatic carbocycles. The molecule has 0 amide bonds. The fourth-order valence-corrected chi connectivity index (χ4v) is 2.74. The van der Waals surface area contributed by atoms with E-state index in [0.29, 0.717) is 13.2 Å². The lowest BCUT2D eigenvalue weighted by Crippen LogP contribution is -2.53. The molecule has 2 rings (SSSR count). The topological polar surface area (TPSA) is 75.1 Å². The first kappa shape index (κ1) is 23.8. The van der Waals surface area contributed by atoms with Crippen LogP contribution in [0.3, 0.4) is 0 Å². The predicted octanol–water partition coefficient (Wildman–Crippen LogP) is 1.63. The molecular weight excluding hydrogens is 459 g/mol. The van der Waals surface area contributed by atoms with Crippen molar-refractivity contribution >= 4 is 35.9 Å². The summed E-state index contributed by atoms with van der Waals surface area (Å²) in [7, 11) is 1.69. The molecule has 8 nitrogen and oxygen atoms in total. The number of hydrogen-bond donors (Lipinski definition) is 1. The number of halogens is 1. The first-order valence-corrected chi connectivity index (χ1v) is 9.47. The minimum Gasteiger partial charge on any atom is -0.382 e. The molecule has 1 aliphatic heterocycles. The Kier molecular flexibility index (Phi) is 13.1. The van der Waals surface area contributed by atoms with Crippen LogP contribution < -0.4 is 10.2 Å². The second-order valence-corrected chi connectivity index (χ2v) is 6.07. The van der Waals surface area contributed by atoms with Crippen LogP contribution in [0.15, 0.2) is 23.5 Å². The molecule has 154 valence electrons. The Hall–Kier alpha value is -1.20. The molecule has 0 bridgehead atoms. The van der Waals surface area contributed by atoms with Crippen molar-refractivity contribution in [3.63, 3.8) is 0 Å². The third-order valence-corrected chi connectivity index (χ3v) is 4.14. The zero-order valence-corrected chi connectivity index (χ0v) is 18.8. The van der Waals surface area contributed by atoms with E-state index in [1.807, 2.05) is 6.07 Å². The minimum atomic E-state index is 0. The summed E-state index contributed by atoms with van der Waals surface area (Å²) in [6, 6.07) is 1.85. The number of ether oxygens (including phenoxy) is 2. The number of methoxy groups -OCH3 is 1. The lowest BCUT2D eigenvalue weighted by molar-refractivity contribution is 0.0690. The number of piperazine rings is 1. The van der Waals surface area contributed by atoms with E-state index >= 15 is 0 Å². The van der Waals surface area contributed by atoms with Crippen molar-refractivity contribution in [1.29, 1.82) is 0 Å². The highest BCUT2D eigenvalue weighted by Gasteiger charge is 2.20. The third-order valence-electron chi connectivity index (χ3n) is 4.14. The Bertz CT molecular complexity index is 512. The average Bonchev–Trinajstić information content (AvgIpc) is 2.70. The van der Waals surface area contributed by atoms with Crippen LogP contribution in [-0.4, -0.2) is 87.0 Å². The van der Waals surface area contributed by atoms with E-state index in [2.05, 4.69) is 32.0 Å². The van der Waals surface area contributed by atoms with Crippen LogP contribution in [0, 0.1) is 0 Å². The van der Waals surface area contributed by atoms with Crippen molar-refractivity contribution in [2.45, 2.75) is 19.8 Å². The largest absolute Gasteiger partial charge is 0.382 e. The van der Waals surface area contributed by atoms with Crippen LogP contribution in [0.5, 0.6) is 0 Å². The van der Waals surface area contributed by atoms with Crippen molar-refractivity contribution in [2.75, 3.05) is 71.1 Å². The third kappa shape index (κ3) is 9.02. The summed E-state index contributed by atoms with van der Waals surface area (Å²) in [5, 5.41) is 3.40. The van der Waals surface area contributed by atoms with E-state index in [0.717, 1.165) is 70.6 Å². The van der Waals surface area contributed by atoms with Crippen LogP contribution in [0.4, 0.5) is 5.95 Å². The Morgan fingerprint density at radius 3 is 2.52 bits per heavy atom. The Balaban J connectivity index is 0.00000364. The van der Waals surface area contributed by atoms with Crippen LogP contribution in [-0.2, 0) is 9.47 Å².